The Balaban J connectivity index is 1.71. The first kappa shape index (κ1) is 18.2. The van der Waals surface area contributed by atoms with E-state index in [2.05, 4.69) is 10.4 Å². The number of hydrogen-bond acceptors (Lipinski definition) is 3. The molecule has 2 unspecified atom stereocenters. The van der Waals surface area contributed by atoms with Crippen LogP contribution in [0.2, 0.25) is 0 Å². The molecule has 0 aliphatic heterocycles. The average molecular weight is 355 g/mol. The van der Waals surface area contributed by atoms with Gasteiger partial charge in [0.25, 0.3) is 5.91 Å². The molecule has 1 aromatic heterocycles. The molecule has 2 N–H and O–H groups in total. The van der Waals surface area contributed by atoms with Crippen molar-refractivity contribution in [3.63, 3.8) is 0 Å². The minimum Gasteiger partial charge on any atom is -0.481 e. The van der Waals surface area contributed by atoms with Gasteiger partial charge in [0.1, 0.15) is 0 Å². The number of aryl methyl sites for hydroxylation is 1. The molecular weight excluding hydrogens is 330 g/mol. The predicted molar refractivity (Wildman–Crippen MR) is 98.4 cm³/mol. The molecule has 1 saturated carbocycles. The highest BCUT2D eigenvalue weighted by molar-refractivity contribution is 5.94. The molecule has 1 amide bonds. The number of rotatable bonds is 4. The third-order valence-corrected chi connectivity index (χ3v) is 5.11. The zero-order valence-corrected chi connectivity index (χ0v) is 15.0. The lowest BCUT2D eigenvalue weighted by atomic mass is 9.86. The SMILES string of the molecule is Cc1ccnn1-c1ccc(C(=O)NC2CCCCCCC2C(=O)O)cc1. The number of carboxylic acid groups (broad SMARTS) is 1. The van der Waals surface area contributed by atoms with Crippen molar-refractivity contribution >= 4 is 11.9 Å². The van der Waals surface area contributed by atoms with E-state index in [1.165, 1.54) is 0 Å². The lowest BCUT2D eigenvalue weighted by molar-refractivity contribution is -0.143. The smallest absolute Gasteiger partial charge is 0.308 e. The van der Waals surface area contributed by atoms with E-state index in [4.69, 9.17) is 0 Å². The largest absolute Gasteiger partial charge is 0.481 e. The average Bonchev–Trinajstić information content (AvgIpc) is 3.03. The second-order valence-corrected chi connectivity index (χ2v) is 6.95. The van der Waals surface area contributed by atoms with E-state index >= 15 is 0 Å². The Morgan fingerprint density at radius 1 is 1.08 bits per heavy atom. The van der Waals surface area contributed by atoms with Crippen LogP contribution >= 0.6 is 0 Å². The summed E-state index contributed by atoms with van der Waals surface area (Å²) >= 11 is 0. The number of carbonyl (C=O) groups excluding carboxylic acids is 1. The maximum absolute atomic E-state index is 12.6. The fourth-order valence-electron chi connectivity index (χ4n) is 3.60. The molecule has 3 rings (SSSR count). The molecular formula is C20H25N3O3. The molecule has 6 heteroatoms. The van der Waals surface area contributed by atoms with Crippen LogP contribution in [0.3, 0.4) is 0 Å². The van der Waals surface area contributed by atoms with E-state index in [-0.39, 0.29) is 11.9 Å². The van der Waals surface area contributed by atoms with Crippen LogP contribution in [0.25, 0.3) is 5.69 Å². The van der Waals surface area contributed by atoms with E-state index in [9.17, 15) is 14.7 Å². The summed E-state index contributed by atoms with van der Waals surface area (Å²) in [5, 5.41) is 16.7. The van der Waals surface area contributed by atoms with Crippen molar-refractivity contribution < 1.29 is 14.7 Å². The van der Waals surface area contributed by atoms with Crippen LogP contribution in [0.4, 0.5) is 0 Å². The minimum absolute atomic E-state index is 0.217. The summed E-state index contributed by atoms with van der Waals surface area (Å²) in [4.78, 5) is 24.2. The first-order valence-electron chi connectivity index (χ1n) is 9.21. The first-order valence-corrected chi connectivity index (χ1v) is 9.21. The fraction of sp³-hybridized carbons (Fsp3) is 0.450. The predicted octanol–water partition coefficient (Wildman–Crippen LogP) is 3.33. The van der Waals surface area contributed by atoms with Crippen molar-refractivity contribution in [2.24, 2.45) is 5.92 Å². The van der Waals surface area contributed by atoms with Gasteiger partial charge in [-0.1, -0.05) is 25.7 Å². The Hall–Kier alpha value is -2.63. The quantitative estimate of drug-likeness (QED) is 0.881. The highest BCUT2D eigenvalue weighted by Crippen LogP contribution is 2.23. The molecule has 0 radical (unpaired) electrons. The van der Waals surface area contributed by atoms with Gasteiger partial charge in [-0.15, -0.1) is 0 Å². The maximum atomic E-state index is 12.6. The van der Waals surface area contributed by atoms with Gasteiger partial charge in [0, 0.05) is 23.5 Å². The summed E-state index contributed by atoms with van der Waals surface area (Å²) in [6, 6.07) is 8.81. The van der Waals surface area contributed by atoms with Crippen molar-refractivity contribution in [2.75, 3.05) is 0 Å². The van der Waals surface area contributed by atoms with Crippen LogP contribution in [0, 0.1) is 12.8 Å². The molecule has 0 spiro atoms. The van der Waals surface area contributed by atoms with Crippen molar-refractivity contribution in [3.8, 4) is 5.69 Å². The van der Waals surface area contributed by atoms with Gasteiger partial charge in [0.05, 0.1) is 11.6 Å². The molecule has 1 aliphatic rings. The number of nitrogens with one attached hydrogen (secondary N) is 1. The maximum Gasteiger partial charge on any atom is 0.308 e. The van der Waals surface area contributed by atoms with Gasteiger partial charge in [-0.05, 0) is 50.1 Å². The molecule has 2 aromatic rings. The van der Waals surface area contributed by atoms with E-state index < -0.39 is 11.9 Å². The third kappa shape index (κ3) is 4.12. The van der Waals surface area contributed by atoms with E-state index in [1.807, 2.05) is 25.1 Å². The first-order chi connectivity index (χ1) is 12.6. The van der Waals surface area contributed by atoms with Crippen molar-refractivity contribution in [3.05, 3.63) is 47.8 Å². The second-order valence-electron chi connectivity index (χ2n) is 6.95. The topological polar surface area (TPSA) is 84.2 Å². The molecule has 6 nitrogen and oxygen atoms in total. The zero-order chi connectivity index (χ0) is 18.5. The molecule has 2 atom stereocenters. The standard InChI is InChI=1S/C20H25N3O3/c1-14-12-13-21-23(14)16-10-8-15(9-11-16)19(24)22-18-7-5-3-2-4-6-17(18)20(25)26/h8-13,17-18H,2-7H2,1H3,(H,22,24)(H,25,26). The van der Waals surface area contributed by atoms with Crippen LogP contribution in [0.5, 0.6) is 0 Å². The van der Waals surface area contributed by atoms with Gasteiger partial charge in [0.15, 0.2) is 0 Å². The lowest BCUT2D eigenvalue weighted by Gasteiger charge is -2.27. The van der Waals surface area contributed by atoms with E-state index in [1.54, 1.807) is 23.0 Å². The number of hydrogen-bond donors (Lipinski definition) is 2. The van der Waals surface area contributed by atoms with Gasteiger partial charge in [-0.25, -0.2) is 4.68 Å². The number of nitrogens with zero attached hydrogens (tertiary/aromatic N) is 2. The minimum atomic E-state index is -0.818. The van der Waals surface area contributed by atoms with Crippen LogP contribution in [0.1, 0.15) is 54.6 Å². The van der Waals surface area contributed by atoms with E-state index in [0.29, 0.717) is 18.4 Å². The Labute approximate surface area is 153 Å². The van der Waals surface area contributed by atoms with Crippen LogP contribution in [0.15, 0.2) is 36.5 Å². The number of amides is 1. The second kappa shape index (κ2) is 8.17. The molecule has 0 saturated heterocycles. The highest BCUT2D eigenvalue weighted by Gasteiger charge is 2.30. The Morgan fingerprint density at radius 2 is 1.77 bits per heavy atom. The molecule has 0 bridgehead atoms. The Morgan fingerprint density at radius 3 is 2.38 bits per heavy atom. The number of benzene rings is 1. The molecule has 1 aromatic carbocycles. The summed E-state index contributed by atoms with van der Waals surface area (Å²) in [7, 11) is 0. The van der Waals surface area contributed by atoms with Gasteiger partial charge < -0.3 is 10.4 Å². The molecule has 1 fully saturated rings. The summed E-state index contributed by atoms with van der Waals surface area (Å²) in [6.07, 6.45) is 7.09. The number of carbonyl (C=O) groups is 2. The Bertz CT molecular complexity index is 767. The third-order valence-electron chi connectivity index (χ3n) is 5.11. The van der Waals surface area contributed by atoms with Crippen LogP contribution in [-0.2, 0) is 4.79 Å². The van der Waals surface area contributed by atoms with Gasteiger partial charge in [-0.2, -0.15) is 5.10 Å². The van der Waals surface area contributed by atoms with Gasteiger partial charge >= 0.3 is 5.97 Å². The highest BCUT2D eigenvalue weighted by atomic mass is 16.4. The summed E-state index contributed by atoms with van der Waals surface area (Å²) in [6.45, 7) is 1.97. The normalized spacial score (nSPS) is 20.8. The molecule has 26 heavy (non-hydrogen) atoms. The Kier molecular flexibility index (Phi) is 5.71. The van der Waals surface area contributed by atoms with Crippen LogP contribution in [-0.4, -0.2) is 32.8 Å². The lowest BCUT2D eigenvalue weighted by Crippen LogP contribution is -2.43. The van der Waals surface area contributed by atoms with E-state index in [0.717, 1.165) is 37.1 Å². The van der Waals surface area contributed by atoms with Crippen molar-refractivity contribution in [1.29, 1.82) is 0 Å². The molecule has 1 aliphatic carbocycles. The van der Waals surface area contributed by atoms with Crippen LogP contribution < -0.4 is 5.32 Å². The summed E-state index contributed by atoms with van der Waals surface area (Å²) in [5.41, 5.74) is 2.43. The van der Waals surface area contributed by atoms with Crippen molar-refractivity contribution in [2.45, 2.75) is 51.5 Å². The van der Waals surface area contributed by atoms with Gasteiger partial charge in [-0.3, -0.25) is 9.59 Å². The number of aliphatic carboxylic acids is 1. The monoisotopic (exact) mass is 355 g/mol. The zero-order valence-electron chi connectivity index (χ0n) is 15.0. The fourth-order valence-corrected chi connectivity index (χ4v) is 3.60. The number of aromatic nitrogens is 2. The molecule has 1 heterocycles. The summed E-state index contributed by atoms with van der Waals surface area (Å²) in [5.74, 6) is -1.54. The van der Waals surface area contributed by atoms with Gasteiger partial charge in [0.2, 0.25) is 0 Å². The summed E-state index contributed by atoms with van der Waals surface area (Å²) < 4.78 is 1.80. The number of carboxylic acids is 1. The molecule has 138 valence electrons. The van der Waals surface area contributed by atoms with Crippen molar-refractivity contribution in [1.82, 2.24) is 15.1 Å².